The third-order valence-electron chi connectivity index (χ3n) is 3.90. The summed E-state index contributed by atoms with van der Waals surface area (Å²) in [5, 5.41) is 20.1. The van der Waals surface area contributed by atoms with Gasteiger partial charge in [-0.05, 0) is 31.5 Å². The van der Waals surface area contributed by atoms with Gasteiger partial charge in [0.2, 0.25) is 0 Å². The number of aliphatic hydroxyl groups is 1. The molecule has 0 saturated heterocycles. The van der Waals surface area contributed by atoms with Crippen LogP contribution in [0.25, 0.3) is 0 Å². The quantitative estimate of drug-likeness (QED) is 0.448. The van der Waals surface area contributed by atoms with E-state index in [9.17, 15) is 5.11 Å². The lowest BCUT2D eigenvalue weighted by Gasteiger charge is -2.14. The van der Waals surface area contributed by atoms with Crippen LogP contribution in [0.4, 0.5) is 0 Å². The summed E-state index contributed by atoms with van der Waals surface area (Å²) in [4.78, 5) is 8.93. The maximum Gasteiger partial charge on any atom is 0.191 e. The van der Waals surface area contributed by atoms with Crippen LogP contribution in [0.15, 0.2) is 28.6 Å². The number of thiazole rings is 1. The predicted octanol–water partition coefficient (Wildman–Crippen LogP) is 2.30. The highest BCUT2D eigenvalue weighted by atomic mass is 32.1. The Bertz CT molecular complexity index is 748. The highest BCUT2D eigenvalue weighted by molar-refractivity contribution is 7.09. The molecule has 1 heterocycles. The molecule has 148 valence electrons. The Morgan fingerprint density at radius 2 is 2.04 bits per heavy atom. The van der Waals surface area contributed by atoms with E-state index in [1.165, 1.54) is 0 Å². The summed E-state index contributed by atoms with van der Waals surface area (Å²) in [7, 11) is 3.16. The molecule has 1 aromatic heterocycles. The van der Waals surface area contributed by atoms with Crippen molar-refractivity contribution in [1.82, 2.24) is 15.6 Å². The van der Waals surface area contributed by atoms with Gasteiger partial charge in [0.15, 0.2) is 17.5 Å². The van der Waals surface area contributed by atoms with E-state index in [2.05, 4.69) is 26.0 Å². The van der Waals surface area contributed by atoms with Gasteiger partial charge in [-0.15, -0.1) is 11.3 Å². The first-order valence-electron chi connectivity index (χ1n) is 8.90. The normalized spacial score (nSPS) is 12.6. The molecule has 0 aliphatic heterocycles. The second-order valence-corrected chi connectivity index (χ2v) is 6.95. The summed E-state index contributed by atoms with van der Waals surface area (Å²) in [6.45, 7) is 5.71. The van der Waals surface area contributed by atoms with Crippen LogP contribution >= 0.6 is 11.3 Å². The van der Waals surface area contributed by atoms with Gasteiger partial charge >= 0.3 is 0 Å². The molecule has 3 N–H and O–H groups in total. The molecule has 1 aromatic carbocycles. The molecule has 0 saturated carbocycles. The number of nitrogens with zero attached hydrogens (tertiary/aromatic N) is 2. The van der Waals surface area contributed by atoms with Crippen LogP contribution in [0.5, 0.6) is 11.5 Å². The van der Waals surface area contributed by atoms with Gasteiger partial charge in [-0.25, -0.2) is 4.98 Å². The largest absolute Gasteiger partial charge is 0.493 e. The van der Waals surface area contributed by atoms with E-state index in [1.807, 2.05) is 19.9 Å². The Balaban J connectivity index is 1.94. The zero-order chi connectivity index (χ0) is 19.6. The smallest absolute Gasteiger partial charge is 0.191 e. The number of benzene rings is 1. The molecule has 27 heavy (non-hydrogen) atoms. The minimum absolute atomic E-state index is 0.237. The van der Waals surface area contributed by atoms with E-state index in [1.54, 1.807) is 37.7 Å². The maximum atomic E-state index is 10.5. The summed E-state index contributed by atoms with van der Waals surface area (Å²) in [6.07, 6.45) is 0.0916. The van der Waals surface area contributed by atoms with Gasteiger partial charge in [-0.2, -0.15) is 0 Å². The molecular weight excluding hydrogens is 364 g/mol. The zero-order valence-corrected chi connectivity index (χ0v) is 17.1. The van der Waals surface area contributed by atoms with Crippen LogP contribution < -0.4 is 20.1 Å². The van der Waals surface area contributed by atoms with Crippen LogP contribution in [0, 0.1) is 6.92 Å². The van der Waals surface area contributed by atoms with Crippen molar-refractivity contribution in [3.05, 3.63) is 39.8 Å². The fourth-order valence-corrected chi connectivity index (χ4v) is 3.16. The lowest BCUT2D eigenvalue weighted by atomic mass is 10.1. The van der Waals surface area contributed by atoms with Gasteiger partial charge in [0, 0.05) is 24.9 Å². The maximum absolute atomic E-state index is 10.5. The van der Waals surface area contributed by atoms with Crippen molar-refractivity contribution in [2.24, 2.45) is 4.99 Å². The van der Waals surface area contributed by atoms with Crippen molar-refractivity contribution >= 4 is 17.3 Å². The van der Waals surface area contributed by atoms with Crippen LogP contribution in [0.3, 0.4) is 0 Å². The summed E-state index contributed by atoms with van der Waals surface area (Å²) in [5.74, 6) is 1.88. The second kappa shape index (κ2) is 10.7. The third kappa shape index (κ3) is 6.41. The van der Waals surface area contributed by atoms with Gasteiger partial charge in [0.1, 0.15) is 0 Å². The number of aliphatic imine (C=N–C) groups is 1. The fourth-order valence-electron chi connectivity index (χ4n) is 2.52. The number of rotatable bonds is 9. The van der Waals surface area contributed by atoms with E-state index in [0.29, 0.717) is 17.5 Å². The monoisotopic (exact) mass is 392 g/mol. The number of hydrogen-bond acceptors (Lipinski definition) is 6. The summed E-state index contributed by atoms with van der Waals surface area (Å²) in [5.41, 5.74) is 1.80. The van der Waals surface area contributed by atoms with Crippen LogP contribution in [0.1, 0.15) is 29.3 Å². The lowest BCUT2D eigenvalue weighted by molar-refractivity contribution is 0.186. The average Bonchev–Trinajstić information content (AvgIpc) is 3.10. The molecule has 1 atom stereocenters. The Morgan fingerprint density at radius 1 is 1.26 bits per heavy atom. The van der Waals surface area contributed by atoms with E-state index in [-0.39, 0.29) is 6.54 Å². The van der Waals surface area contributed by atoms with Crippen LogP contribution in [0.2, 0.25) is 0 Å². The number of hydrogen-bond donors (Lipinski definition) is 3. The van der Waals surface area contributed by atoms with Gasteiger partial charge in [0.05, 0.1) is 37.6 Å². The SMILES string of the molecule is CCNC(=NCC(O)c1ccc(OC)c(OC)c1)NCCc1csc(C)n1. The summed E-state index contributed by atoms with van der Waals surface area (Å²) >= 11 is 1.65. The van der Waals surface area contributed by atoms with Crippen molar-refractivity contribution in [3.8, 4) is 11.5 Å². The molecule has 0 radical (unpaired) electrons. The van der Waals surface area contributed by atoms with E-state index < -0.39 is 6.10 Å². The predicted molar refractivity (Wildman–Crippen MR) is 109 cm³/mol. The third-order valence-corrected chi connectivity index (χ3v) is 4.72. The molecule has 2 rings (SSSR count). The minimum atomic E-state index is -0.735. The molecule has 0 aliphatic carbocycles. The van der Waals surface area contributed by atoms with Crippen molar-refractivity contribution < 1.29 is 14.6 Å². The number of guanidine groups is 1. The summed E-state index contributed by atoms with van der Waals surface area (Å²) in [6, 6.07) is 5.36. The minimum Gasteiger partial charge on any atom is -0.493 e. The van der Waals surface area contributed by atoms with Gasteiger partial charge in [-0.3, -0.25) is 4.99 Å². The van der Waals surface area contributed by atoms with Crippen LogP contribution in [-0.4, -0.2) is 49.9 Å². The van der Waals surface area contributed by atoms with Gasteiger partial charge in [0.25, 0.3) is 0 Å². The second-order valence-electron chi connectivity index (χ2n) is 5.88. The number of nitrogens with one attached hydrogen (secondary N) is 2. The van der Waals surface area contributed by atoms with Crippen LogP contribution in [-0.2, 0) is 6.42 Å². The van der Waals surface area contributed by atoms with Crippen molar-refractivity contribution in [3.63, 3.8) is 0 Å². The Hall–Kier alpha value is -2.32. The molecule has 0 aliphatic rings. The number of aliphatic hydroxyl groups excluding tert-OH is 1. The Labute approximate surface area is 164 Å². The molecule has 2 aromatic rings. The molecule has 7 nitrogen and oxygen atoms in total. The molecular formula is C19H28N4O3S. The van der Waals surface area contributed by atoms with E-state index in [4.69, 9.17) is 9.47 Å². The topological polar surface area (TPSA) is 88.0 Å². The molecule has 1 unspecified atom stereocenters. The van der Waals surface area contributed by atoms with Gasteiger partial charge < -0.3 is 25.2 Å². The molecule has 0 spiro atoms. The van der Waals surface area contributed by atoms with Crippen molar-refractivity contribution in [2.45, 2.75) is 26.4 Å². The molecule has 0 fully saturated rings. The first-order valence-corrected chi connectivity index (χ1v) is 9.78. The standard InChI is InChI=1S/C19H28N4O3S/c1-5-20-19(21-9-8-15-12-27-13(2)23-15)22-11-16(24)14-6-7-17(25-3)18(10-14)26-4/h6-7,10,12,16,24H,5,8-9,11H2,1-4H3,(H2,20,21,22). The number of ether oxygens (including phenoxy) is 2. The Morgan fingerprint density at radius 3 is 2.67 bits per heavy atom. The van der Waals surface area contributed by atoms with E-state index in [0.717, 1.165) is 35.8 Å². The van der Waals surface area contributed by atoms with E-state index >= 15 is 0 Å². The first kappa shape index (κ1) is 21.0. The number of aryl methyl sites for hydroxylation is 1. The lowest BCUT2D eigenvalue weighted by Crippen LogP contribution is -2.38. The molecule has 0 amide bonds. The van der Waals surface area contributed by atoms with Gasteiger partial charge in [-0.1, -0.05) is 6.07 Å². The average molecular weight is 393 g/mol. The number of methoxy groups -OCH3 is 2. The summed E-state index contributed by atoms with van der Waals surface area (Å²) < 4.78 is 10.5. The van der Waals surface area contributed by atoms with Crippen molar-refractivity contribution in [2.75, 3.05) is 33.9 Å². The fraction of sp³-hybridized carbons (Fsp3) is 0.474. The number of aromatic nitrogens is 1. The zero-order valence-electron chi connectivity index (χ0n) is 16.3. The molecule has 8 heteroatoms. The first-order chi connectivity index (χ1) is 13.1. The highest BCUT2D eigenvalue weighted by Gasteiger charge is 2.12. The van der Waals surface area contributed by atoms with Crippen molar-refractivity contribution in [1.29, 1.82) is 0 Å². The Kier molecular flexibility index (Phi) is 8.35. The molecule has 0 bridgehead atoms. The highest BCUT2D eigenvalue weighted by Crippen LogP contribution is 2.30.